The third-order valence-corrected chi connectivity index (χ3v) is 5.56. The first-order valence-electron chi connectivity index (χ1n) is 7.53. The van der Waals surface area contributed by atoms with Gasteiger partial charge in [-0.3, -0.25) is 5.10 Å². The van der Waals surface area contributed by atoms with Crippen molar-refractivity contribution < 1.29 is 13.2 Å². The lowest BCUT2D eigenvalue weighted by molar-refractivity contribution is 0.0430. The molecule has 3 rings (SSSR count). The van der Waals surface area contributed by atoms with E-state index in [2.05, 4.69) is 19.9 Å². The van der Waals surface area contributed by atoms with Crippen molar-refractivity contribution in [3.63, 3.8) is 0 Å². The zero-order valence-electron chi connectivity index (χ0n) is 13.1. The molecule has 2 N–H and O–H groups in total. The maximum absolute atomic E-state index is 12.4. The molecule has 0 amide bonds. The van der Waals surface area contributed by atoms with E-state index in [0.717, 1.165) is 24.0 Å². The normalized spacial score (nSPS) is 21.7. The van der Waals surface area contributed by atoms with Crippen LogP contribution in [0.3, 0.4) is 0 Å². The van der Waals surface area contributed by atoms with Gasteiger partial charge in [0.25, 0.3) is 0 Å². The van der Waals surface area contributed by atoms with Crippen molar-refractivity contribution >= 4 is 10.0 Å². The summed E-state index contributed by atoms with van der Waals surface area (Å²) in [6.45, 7) is 4.10. The topological polar surface area (TPSA) is 97.0 Å². The molecular formula is C15H20N4O3S. The number of H-pyrrole nitrogens is 1. The van der Waals surface area contributed by atoms with Gasteiger partial charge in [-0.15, -0.1) is 0 Å². The largest absolute Gasteiger partial charge is 0.366 e. The summed E-state index contributed by atoms with van der Waals surface area (Å²) in [4.78, 5) is 4.36. The molecule has 1 aliphatic rings. The smallest absolute Gasteiger partial charge is 0.240 e. The second-order valence-electron chi connectivity index (χ2n) is 5.79. The Balaban J connectivity index is 1.60. The van der Waals surface area contributed by atoms with E-state index in [1.807, 2.05) is 19.9 Å². The Kier molecular flexibility index (Phi) is 4.47. The van der Waals surface area contributed by atoms with Gasteiger partial charge >= 0.3 is 0 Å². The Hall–Kier alpha value is -1.77. The molecule has 1 saturated heterocycles. The Morgan fingerprint density at radius 1 is 1.30 bits per heavy atom. The number of aryl methyl sites for hydroxylation is 2. The monoisotopic (exact) mass is 336 g/mol. The fourth-order valence-electron chi connectivity index (χ4n) is 2.59. The average molecular weight is 336 g/mol. The molecule has 1 aliphatic heterocycles. The number of nitrogens with one attached hydrogen (secondary N) is 2. The lowest BCUT2D eigenvalue weighted by Gasteiger charge is -2.14. The van der Waals surface area contributed by atoms with Crippen LogP contribution in [0.25, 0.3) is 0 Å². The Labute approximate surface area is 135 Å². The molecular weight excluding hydrogens is 316 g/mol. The van der Waals surface area contributed by atoms with Crippen LogP contribution in [0.2, 0.25) is 0 Å². The van der Waals surface area contributed by atoms with Crippen LogP contribution in [-0.2, 0) is 14.8 Å². The average Bonchev–Trinajstić information content (AvgIpc) is 3.18. The van der Waals surface area contributed by atoms with Gasteiger partial charge in [0.15, 0.2) is 5.82 Å². The number of hydrogen-bond acceptors (Lipinski definition) is 5. The number of benzene rings is 1. The molecule has 2 aromatic rings. The molecule has 0 bridgehead atoms. The summed E-state index contributed by atoms with van der Waals surface area (Å²) in [6.07, 6.45) is 2.71. The first kappa shape index (κ1) is 16.1. The van der Waals surface area contributed by atoms with Crippen molar-refractivity contribution in [1.29, 1.82) is 0 Å². The van der Waals surface area contributed by atoms with Crippen LogP contribution in [0.5, 0.6) is 0 Å². The molecule has 1 fully saturated rings. The number of sulfonamides is 1. The summed E-state index contributed by atoms with van der Waals surface area (Å²) < 4.78 is 33.2. The molecule has 0 spiro atoms. The Morgan fingerprint density at radius 2 is 2.13 bits per heavy atom. The van der Waals surface area contributed by atoms with E-state index in [0.29, 0.717) is 5.82 Å². The molecule has 23 heavy (non-hydrogen) atoms. The summed E-state index contributed by atoms with van der Waals surface area (Å²) in [5.41, 5.74) is 2.02. The number of aromatic nitrogens is 3. The van der Waals surface area contributed by atoms with Crippen LogP contribution in [0.15, 0.2) is 29.4 Å². The van der Waals surface area contributed by atoms with Crippen molar-refractivity contribution in [2.24, 2.45) is 0 Å². The number of aromatic amines is 1. The third kappa shape index (κ3) is 3.60. The van der Waals surface area contributed by atoms with Crippen LogP contribution >= 0.6 is 0 Å². The number of nitrogens with zero attached hydrogens (tertiary/aromatic N) is 2. The quantitative estimate of drug-likeness (QED) is 0.865. The van der Waals surface area contributed by atoms with E-state index in [1.165, 1.54) is 6.33 Å². The van der Waals surface area contributed by atoms with Crippen LogP contribution < -0.4 is 4.72 Å². The lowest BCUT2D eigenvalue weighted by Crippen LogP contribution is -2.32. The summed E-state index contributed by atoms with van der Waals surface area (Å²) in [7, 11) is -3.52. The summed E-state index contributed by atoms with van der Waals surface area (Å²) >= 11 is 0. The molecule has 1 aromatic carbocycles. The van der Waals surface area contributed by atoms with Gasteiger partial charge in [-0.25, -0.2) is 18.1 Å². The second-order valence-corrected chi connectivity index (χ2v) is 7.56. The molecule has 0 radical (unpaired) electrons. The zero-order valence-corrected chi connectivity index (χ0v) is 13.9. The van der Waals surface area contributed by atoms with E-state index in [1.54, 1.807) is 12.1 Å². The zero-order chi connectivity index (χ0) is 16.4. The van der Waals surface area contributed by atoms with Gasteiger partial charge in [-0.2, -0.15) is 5.10 Å². The highest BCUT2D eigenvalue weighted by Gasteiger charge is 2.29. The van der Waals surface area contributed by atoms with Crippen molar-refractivity contribution in [2.75, 3.05) is 6.54 Å². The van der Waals surface area contributed by atoms with E-state index >= 15 is 0 Å². The highest BCUT2D eigenvalue weighted by molar-refractivity contribution is 7.89. The Bertz CT molecular complexity index is 774. The predicted octanol–water partition coefficient (Wildman–Crippen LogP) is 1.62. The van der Waals surface area contributed by atoms with E-state index < -0.39 is 10.0 Å². The van der Waals surface area contributed by atoms with Gasteiger partial charge in [-0.1, -0.05) is 6.07 Å². The van der Waals surface area contributed by atoms with Crippen LogP contribution in [0.1, 0.15) is 35.9 Å². The second kappa shape index (κ2) is 6.38. The van der Waals surface area contributed by atoms with E-state index in [-0.39, 0.29) is 23.6 Å². The van der Waals surface area contributed by atoms with Crippen LogP contribution in [0, 0.1) is 13.8 Å². The van der Waals surface area contributed by atoms with Crippen molar-refractivity contribution in [3.05, 3.63) is 41.5 Å². The summed E-state index contributed by atoms with van der Waals surface area (Å²) in [5.74, 6) is 0.685. The number of ether oxygens (including phenoxy) is 1. The van der Waals surface area contributed by atoms with Crippen LogP contribution in [-0.4, -0.2) is 36.2 Å². The molecule has 2 atom stereocenters. The van der Waals surface area contributed by atoms with Gasteiger partial charge in [-0.05, 0) is 49.9 Å². The first-order valence-corrected chi connectivity index (χ1v) is 9.01. The minimum Gasteiger partial charge on any atom is -0.366 e. The Morgan fingerprint density at radius 3 is 2.83 bits per heavy atom. The van der Waals surface area contributed by atoms with E-state index in [9.17, 15) is 8.42 Å². The molecule has 1 aromatic heterocycles. The van der Waals surface area contributed by atoms with Gasteiger partial charge < -0.3 is 4.74 Å². The van der Waals surface area contributed by atoms with Gasteiger partial charge in [0, 0.05) is 6.54 Å². The number of hydrogen-bond donors (Lipinski definition) is 2. The highest BCUT2D eigenvalue weighted by Crippen LogP contribution is 2.30. The maximum Gasteiger partial charge on any atom is 0.240 e. The SMILES string of the molecule is Cc1ccc(S(=O)(=O)NC[C@H]2CC[C@@H](c3ncn[nH]3)O2)cc1C. The summed E-state index contributed by atoms with van der Waals surface area (Å²) in [6, 6.07) is 5.12. The molecule has 0 aliphatic carbocycles. The molecule has 8 heteroatoms. The van der Waals surface area contributed by atoms with E-state index in [4.69, 9.17) is 4.74 Å². The molecule has 0 saturated carbocycles. The summed E-state index contributed by atoms with van der Waals surface area (Å²) in [5, 5.41) is 6.59. The van der Waals surface area contributed by atoms with Crippen LogP contribution in [0.4, 0.5) is 0 Å². The van der Waals surface area contributed by atoms with Gasteiger partial charge in [0.05, 0.1) is 11.0 Å². The lowest BCUT2D eigenvalue weighted by atomic mass is 10.1. The standard InChI is InChI=1S/C15H20N4O3S/c1-10-3-5-13(7-11(10)2)23(20,21)18-8-12-4-6-14(22-12)15-16-9-17-19-15/h3,5,7,9,12,14,18H,4,6,8H2,1-2H3,(H,16,17,19)/t12-,14+/m1/s1. The highest BCUT2D eigenvalue weighted by atomic mass is 32.2. The molecule has 2 heterocycles. The minimum absolute atomic E-state index is 0.145. The third-order valence-electron chi connectivity index (χ3n) is 4.14. The predicted molar refractivity (Wildman–Crippen MR) is 84.3 cm³/mol. The minimum atomic E-state index is -3.52. The fraction of sp³-hybridized carbons (Fsp3) is 0.467. The molecule has 7 nitrogen and oxygen atoms in total. The molecule has 0 unspecified atom stereocenters. The maximum atomic E-state index is 12.4. The van der Waals surface area contributed by atoms with Crippen molar-refractivity contribution in [1.82, 2.24) is 19.9 Å². The van der Waals surface area contributed by atoms with Gasteiger partial charge in [0.2, 0.25) is 10.0 Å². The molecule has 124 valence electrons. The van der Waals surface area contributed by atoms with Gasteiger partial charge in [0.1, 0.15) is 12.4 Å². The van der Waals surface area contributed by atoms with Crippen molar-refractivity contribution in [2.45, 2.75) is 43.8 Å². The first-order chi connectivity index (χ1) is 11.0. The number of rotatable bonds is 5. The fourth-order valence-corrected chi connectivity index (χ4v) is 3.75. The van der Waals surface area contributed by atoms with Crippen molar-refractivity contribution in [3.8, 4) is 0 Å².